The van der Waals surface area contributed by atoms with E-state index in [4.69, 9.17) is 16.6 Å². The molecule has 1 aliphatic heterocycles. The maximum Gasteiger partial charge on any atom is 0.355 e. The summed E-state index contributed by atoms with van der Waals surface area (Å²) in [5.74, 6) is 0.205. The molecule has 0 amide bonds. The van der Waals surface area contributed by atoms with Gasteiger partial charge in [-0.2, -0.15) is 4.98 Å². The molecule has 0 saturated carbocycles. The van der Waals surface area contributed by atoms with E-state index in [2.05, 4.69) is 14.9 Å². The quantitative estimate of drug-likeness (QED) is 0.347. The first-order valence-electron chi connectivity index (χ1n) is 12.0. The van der Waals surface area contributed by atoms with Gasteiger partial charge >= 0.3 is 5.69 Å². The van der Waals surface area contributed by atoms with Crippen molar-refractivity contribution < 1.29 is 4.39 Å². The van der Waals surface area contributed by atoms with E-state index in [0.29, 0.717) is 27.6 Å². The highest BCUT2D eigenvalue weighted by atomic mass is 35.5. The van der Waals surface area contributed by atoms with E-state index < -0.39 is 11.5 Å². The summed E-state index contributed by atoms with van der Waals surface area (Å²) in [6.07, 6.45) is 4.94. The SMILES string of the molecule is Cc1ccnc(C(C)C)c1-n1c(=O)nc(N2CCCCC2)c2cc(Cl)c(-c3ccccc3F)nc21. The molecule has 4 aromatic rings. The molecular weight excluding hydrogens is 465 g/mol. The molecule has 1 aliphatic rings. The zero-order valence-electron chi connectivity index (χ0n) is 20.1. The highest BCUT2D eigenvalue weighted by molar-refractivity contribution is 6.33. The van der Waals surface area contributed by atoms with Crippen molar-refractivity contribution in [1.29, 1.82) is 0 Å². The standard InChI is InChI=1S/C27H27ClFN5O/c1-16(2)22-24(17(3)11-12-30-22)34-26-19(25(32-27(34)35)33-13-7-4-8-14-33)15-20(28)23(31-26)18-9-5-6-10-21(18)29/h5-6,9-12,15-16H,4,7-8,13-14H2,1-3H3. The molecule has 1 saturated heterocycles. The van der Waals surface area contributed by atoms with Crippen molar-refractivity contribution in [3.05, 3.63) is 75.2 Å². The summed E-state index contributed by atoms with van der Waals surface area (Å²) < 4.78 is 16.3. The lowest BCUT2D eigenvalue weighted by atomic mass is 10.0. The third kappa shape index (κ3) is 4.18. The number of rotatable bonds is 4. The van der Waals surface area contributed by atoms with Gasteiger partial charge in [-0.3, -0.25) is 4.98 Å². The predicted molar refractivity (Wildman–Crippen MR) is 138 cm³/mol. The first-order chi connectivity index (χ1) is 16.9. The summed E-state index contributed by atoms with van der Waals surface area (Å²) in [6, 6.07) is 10.0. The molecule has 5 rings (SSSR count). The third-order valence-corrected chi connectivity index (χ3v) is 6.80. The Kier molecular flexibility index (Phi) is 6.28. The average Bonchev–Trinajstić information content (AvgIpc) is 2.85. The molecule has 180 valence electrons. The fourth-order valence-corrected chi connectivity index (χ4v) is 5.03. The number of aryl methyl sites for hydroxylation is 1. The second kappa shape index (κ2) is 9.38. The van der Waals surface area contributed by atoms with Gasteiger partial charge in [-0.25, -0.2) is 18.7 Å². The Morgan fingerprint density at radius 1 is 1.06 bits per heavy atom. The van der Waals surface area contributed by atoms with E-state index in [9.17, 15) is 9.18 Å². The maximum atomic E-state index is 14.8. The monoisotopic (exact) mass is 491 g/mol. The Balaban J connectivity index is 1.90. The van der Waals surface area contributed by atoms with Gasteiger partial charge in [-0.15, -0.1) is 0 Å². The number of hydrogen-bond donors (Lipinski definition) is 0. The van der Waals surface area contributed by atoms with Gasteiger partial charge in [0.2, 0.25) is 0 Å². The van der Waals surface area contributed by atoms with Crippen LogP contribution in [0.5, 0.6) is 0 Å². The number of hydrogen-bond acceptors (Lipinski definition) is 5. The van der Waals surface area contributed by atoms with Crippen LogP contribution < -0.4 is 10.6 Å². The number of benzene rings is 1. The van der Waals surface area contributed by atoms with Crippen molar-refractivity contribution in [1.82, 2.24) is 19.5 Å². The minimum atomic E-state index is -0.439. The first kappa shape index (κ1) is 23.4. The maximum absolute atomic E-state index is 14.8. The molecule has 1 aromatic carbocycles. The molecule has 0 spiro atoms. The van der Waals surface area contributed by atoms with Gasteiger partial charge in [-0.05, 0) is 61.9 Å². The molecule has 0 N–H and O–H groups in total. The molecule has 35 heavy (non-hydrogen) atoms. The Morgan fingerprint density at radius 3 is 2.51 bits per heavy atom. The van der Waals surface area contributed by atoms with Crippen LogP contribution in [-0.2, 0) is 0 Å². The molecular formula is C27H27ClFN5O. The fourth-order valence-electron chi connectivity index (χ4n) is 4.78. The van der Waals surface area contributed by atoms with Crippen LogP contribution in [0.2, 0.25) is 5.02 Å². The Morgan fingerprint density at radius 2 is 1.80 bits per heavy atom. The minimum absolute atomic E-state index is 0.0620. The van der Waals surface area contributed by atoms with Crippen LogP contribution in [0, 0.1) is 12.7 Å². The molecule has 6 nitrogen and oxygen atoms in total. The van der Waals surface area contributed by atoms with Gasteiger partial charge in [0.15, 0.2) is 5.65 Å². The van der Waals surface area contributed by atoms with Crippen molar-refractivity contribution >= 4 is 28.5 Å². The molecule has 8 heteroatoms. The van der Waals surface area contributed by atoms with Crippen molar-refractivity contribution in [2.75, 3.05) is 18.0 Å². The molecule has 1 fully saturated rings. The van der Waals surface area contributed by atoms with E-state index in [0.717, 1.165) is 43.6 Å². The van der Waals surface area contributed by atoms with Crippen LogP contribution in [0.3, 0.4) is 0 Å². The van der Waals surface area contributed by atoms with E-state index in [-0.39, 0.29) is 17.2 Å². The number of halogens is 2. The van der Waals surface area contributed by atoms with Gasteiger partial charge in [0, 0.05) is 24.8 Å². The van der Waals surface area contributed by atoms with Gasteiger partial charge in [0.05, 0.1) is 27.5 Å². The molecule has 0 bridgehead atoms. The average molecular weight is 492 g/mol. The summed E-state index contributed by atoms with van der Waals surface area (Å²) in [5, 5.41) is 0.967. The van der Waals surface area contributed by atoms with Crippen LogP contribution in [-0.4, -0.2) is 32.6 Å². The van der Waals surface area contributed by atoms with E-state index in [1.165, 1.54) is 10.6 Å². The van der Waals surface area contributed by atoms with Gasteiger partial charge in [0.25, 0.3) is 0 Å². The smallest absolute Gasteiger partial charge is 0.355 e. The summed E-state index contributed by atoms with van der Waals surface area (Å²) in [4.78, 5) is 29.7. The van der Waals surface area contributed by atoms with Crippen LogP contribution >= 0.6 is 11.6 Å². The summed E-state index contributed by atoms with van der Waals surface area (Å²) in [7, 11) is 0. The Labute approximate surface area is 208 Å². The number of fused-ring (bicyclic) bond motifs is 1. The van der Waals surface area contributed by atoms with Crippen LogP contribution in [0.4, 0.5) is 10.2 Å². The van der Waals surface area contributed by atoms with E-state index >= 15 is 0 Å². The highest BCUT2D eigenvalue weighted by Crippen LogP contribution is 2.35. The second-order valence-corrected chi connectivity index (χ2v) is 9.69. The Hall–Kier alpha value is -3.32. The highest BCUT2D eigenvalue weighted by Gasteiger charge is 2.25. The van der Waals surface area contributed by atoms with Gasteiger partial charge in [-0.1, -0.05) is 37.6 Å². The van der Waals surface area contributed by atoms with E-state index in [1.54, 1.807) is 30.5 Å². The molecule has 0 aliphatic carbocycles. The fraction of sp³-hybridized carbons (Fsp3) is 0.333. The largest absolute Gasteiger partial charge is 0.356 e. The number of nitrogens with zero attached hydrogens (tertiary/aromatic N) is 5. The molecule has 0 radical (unpaired) electrons. The van der Waals surface area contributed by atoms with Crippen LogP contribution in [0.25, 0.3) is 28.0 Å². The van der Waals surface area contributed by atoms with Gasteiger partial charge in [0.1, 0.15) is 11.6 Å². The lowest BCUT2D eigenvalue weighted by molar-refractivity contribution is 0.573. The summed E-state index contributed by atoms with van der Waals surface area (Å²) >= 11 is 6.70. The Bertz CT molecular complexity index is 1480. The second-order valence-electron chi connectivity index (χ2n) is 9.29. The number of piperidine rings is 1. The molecule has 3 aromatic heterocycles. The number of aromatic nitrogens is 4. The lowest BCUT2D eigenvalue weighted by Gasteiger charge is -2.29. The van der Waals surface area contributed by atoms with Crippen LogP contribution in [0.1, 0.15) is 50.3 Å². The topological polar surface area (TPSA) is 63.9 Å². The number of anilines is 1. The van der Waals surface area contributed by atoms with Crippen molar-refractivity contribution in [3.8, 4) is 16.9 Å². The lowest BCUT2D eigenvalue weighted by Crippen LogP contribution is -2.34. The predicted octanol–water partition coefficient (Wildman–Crippen LogP) is 6.06. The summed E-state index contributed by atoms with van der Waals surface area (Å²) in [6.45, 7) is 7.61. The number of pyridine rings is 2. The van der Waals surface area contributed by atoms with Crippen molar-refractivity contribution in [2.24, 2.45) is 0 Å². The summed E-state index contributed by atoms with van der Waals surface area (Å²) in [5.41, 5.74) is 2.82. The molecule has 0 unspecified atom stereocenters. The molecule has 4 heterocycles. The normalized spacial score (nSPS) is 14.2. The van der Waals surface area contributed by atoms with Crippen molar-refractivity contribution in [3.63, 3.8) is 0 Å². The minimum Gasteiger partial charge on any atom is -0.356 e. The van der Waals surface area contributed by atoms with Gasteiger partial charge < -0.3 is 4.90 Å². The zero-order chi connectivity index (χ0) is 24.7. The zero-order valence-corrected chi connectivity index (χ0v) is 20.8. The molecule has 0 atom stereocenters. The third-order valence-electron chi connectivity index (χ3n) is 6.51. The first-order valence-corrected chi connectivity index (χ1v) is 12.3. The van der Waals surface area contributed by atoms with Crippen molar-refractivity contribution in [2.45, 2.75) is 46.0 Å². The van der Waals surface area contributed by atoms with Crippen LogP contribution in [0.15, 0.2) is 47.4 Å². The van der Waals surface area contributed by atoms with E-state index in [1.807, 2.05) is 26.8 Å².